The molecule has 0 aliphatic rings. The first-order valence-electron chi connectivity index (χ1n) is 10.7. The Morgan fingerprint density at radius 3 is 1.91 bits per heavy atom. The number of para-hydroxylation sites is 2. The van der Waals surface area contributed by atoms with Gasteiger partial charge < -0.3 is 0 Å². The number of aryl methyl sites for hydroxylation is 2. The number of rotatable bonds is 5. The zero-order valence-electron chi connectivity index (χ0n) is 19.2. The third-order valence-electron chi connectivity index (χ3n) is 5.55. The SMILES string of the molecule is Cc1ccc(P(=[Se])(/C(=C\Sc2nc3ccccc3[nH]2)C(C)(C)C)c2ccc(C)cc2)cc1. The van der Waals surface area contributed by atoms with Crippen LogP contribution in [-0.2, 0) is 0 Å². The Morgan fingerprint density at radius 2 is 1.41 bits per heavy atom. The van der Waals surface area contributed by atoms with Crippen molar-refractivity contribution in [2.75, 3.05) is 0 Å². The van der Waals surface area contributed by atoms with E-state index in [1.165, 1.54) is 27.1 Å². The van der Waals surface area contributed by atoms with Gasteiger partial charge in [-0.3, -0.25) is 0 Å². The normalized spacial score (nSPS) is 13.0. The number of aromatic amines is 1. The Bertz CT molecular complexity index is 1230. The number of benzene rings is 3. The van der Waals surface area contributed by atoms with Gasteiger partial charge in [-0.25, -0.2) is 0 Å². The first-order chi connectivity index (χ1) is 15.2. The predicted molar refractivity (Wildman–Crippen MR) is 144 cm³/mol. The van der Waals surface area contributed by atoms with E-state index < -0.39 is 5.51 Å². The molecule has 0 unspecified atom stereocenters. The number of aromatic nitrogens is 2. The van der Waals surface area contributed by atoms with Crippen molar-refractivity contribution in [3.63, 3.8) is 0 Å². The van der Waals surface area contributed by atoms with Gasteiger partial charge in [0.1, 0.15) is 0 Å². The van der Waals surface area contributed by atoms with Gasteiger partial charge in [0.15, 0.2) is 0 Å². The van der Waals surface area contributed by atoms with Crippen LogP contribution in [-0.4, -0.2) is 25.1 Å². The molecule has 1 aromatic heterocycles. The number of fused-ring (bicyclic) bond motifs is 1. The van der Waals surface area contributed by atoms with Gasteiger partial charge in [-0.1, -0.05) is 0 Å². The van der Waals surface area contributed by atoms with Crippen LogP contribution in [0.4, 0.5) is 0 Å². The number of hydrogen-bond acceptors (Lipinski definition) is 2. The first-order valence-corrected chi connectivity index (χ1v) is 15.6. The average molecular weight is 524 g/mol. The Hall–Kier alpha value is -1.83. The Balaban J connectivity index is 1.87. The van der Waals surface area contributed by atoms with Crippen molar-refractivity contribution in [3.8, 4) is 0 Å². The molecule has 3 aromatic carbocycles. The van der Waals surface area contributed by atoms with Gasteiger partial charge in [0.05, 0.1) is 0 Å². The summed E-state index contributed by atoms with van der Waals surface area (Å²) in [5.74, 6) is 0. The second kappa shape index (κ2) is 9.20. The molecule has 1 N–H and O–H groups in total. The molecule has 1 heterocycles. The van der Waals surface area contributed by atoms with Crippen LogP contribution >= 0.6 is 17.3 Å². The van der Waals surface area contributed by atoms with Gasteiger partial charge in [-0.2, -0.15) is 0 Å². The van der Waals surface area contributed by atoms with E-state index in [-0.39, 0.29) is 5.41 Å². The van der Waals surface area contributed by atoms with Crippen molar-refractivity contribution >= 4 is 54.0 Å². The van der Waals surface area contributed by atoms with E-state index in [0.717, 1.165) is 16.2 Å². The summed E-state index contributed by atoms with van der Waals surface area (Å²) in [6.45, 7) is 11.2. The van der Waals surface area contributed by atoms with E-state index in [4.69, 9.17) is 4.98 Å². The van der Waals surface area contributed by atoms with Crippen LogP contribution in [0.5, 0.6) is 0 Å². The van der Waals surface area contributed by atoms with E-state index in [1.54, 1.807) is 11.8 Å². The van der Waals surface area contributed by atoms with Gasteiger partial charge in [0.25, 0.3) is 0 Å². The van der Waals surface area contributed by atoms with Crippen LogP contribution in [0.2, 0.25) is 0 Å². The monoisotopic (exact) mass is 524 g/mol. The average Bonchev–Trinajstić information content (AvgIpc) is 3.16. The molecular formula is C27H29N2PSSe. The molecular weight excluding hydrogens is 494 g/mol. The zero-order valence-corrected chi connectivity index (χ0v) is 22.6. The fourth-order valence-electron chi connectivity index (χ4n) is 3.76. The van der Waals surface area contributed by atoms with Gasteiger partial charge in [-0.15, -0.1) is 0 Å². The number of allylic oxidation sites excluding steroid dienone is 1. The molecule has 0 spiro atoms. The summed E-state index contributed by atoms with van der Waals surface area (Å²) >= 11 is 5.41. The Kier molecular flexibility index (Phi) is 6.71. The van der Waals surface area contributed by atoms with Gasteiger partial charge in [-0.05, 0) is 0 Å². The van der Waals surface area contributed by atoms with Crippen LogP contribution in [0, 0.1) is 19.3 Å². The molecule has 32 heavy (non-hydrogen) atoms. The van der Waals surface area contributed by atoms with E-state index >= 15 is 0 Å². The molecule has 0 radical (unpaired) electrons. The first kappa shape index (κ1) is 23.3. The van der Waals surface area contributed by atoms with E-state index in [0.29, 0.717) is 0 Å². The zero-order chi connectivity index (χ0) is 22.9. The molecule has 5 heteroatoms. The van der Waals surface area contributed by atoms with Gasteiger partial charge >= 0.3 is 204 Å². The minimum atomic E-state index is -1.94. The molecule has 0 amide bonds. The van der Waals surface area contributed by atoms with Gasteiger partial charge in [0.2, 0.25) is 0 Å². The molecule has 0 bridgehead atoms. The number of nitrogens with zero attached hydrogens (tertiary/aromatic N) is 1. The van der Waals surface area contributed by atoms with Crippen LogP contribution in [0.3, 0.4) is 0 Å². The van der Waals surface area contributed by atoms with Crippen molar-refractivity contribution < 1.29 is 0 Å². The second-order valence-electron chi connectivity index (χ2n) is 9.21. The number of nitrogens with one attached hydrogen (secondary N) is 1. The summed E-state index contributed by atoms with van der Waals surface area (Å²) in [6, 6.07) is 26.3. The predicted octanol–water partition coefficient (Wildman–Crippen LogP) is 6.91. The summed E-state index contributed by atoms with van der Waals surface area (Å²) in [6.07, 6.45) is 0. The number of hydrogen-bond donors (Lipinski definition) is 1. The number of H-pyrrole nitrogens is 1. The molecule has 4 rings (SSSR count). The third kappa shape index (κ3) is 4.75. The molecule has 4 aromatic rings. The summed E-state index contributed by atoms with van der Waals surface area (Å²) in [5, 5.41) is 7.40. The van der Waals surface area contributed by atoms with Gasteiger partial charge in [0, 0.05) is 0 Å². The molecule has 0 saturated heterocycles. The van der Waals surface area contributed by atoms with E-state index in [2.05, 4.69) is 115 Å². The molecule has 0 atom stereocenters. The summed E-state index contributed by atoms with van der Waals surface area (Å²) in [5.41, 5.74) is 2.67. The summed E-state index contributed by atoms with van der Waals surface area (Å²) < 4.78 is 0. The second-order valence-corrected chi connectivity index (χ2v) is 16.2. The third-order valence-corrected chi connectivity index (χ3v) is 13.9. The maximum atomic E-state index is 4.78. The van der Waals surface area contributed by atoms with Crippen molar-refractivity contribution in [2.45, 2.75) is 39.8 Å². The molecule has 0 aliphatic carbocycles. The Morgan fingerprint density at radius 1 is 0.875 bits per heavy atom. The van der Waals surface area contributed by atoms with Crippen molar-refractivity contribution in [2.24, 2.45) is 5.41 Å². The Labute approximate surface area is 203 Å². The number of imidazole rings is 1. The molecule has 0 aliphatic heterocycles. The van der Waals surface area contributed by atoms with Crippen LogP contribution < -0.4 is 10.6 Å². The van der Waals surface area contributed by atoms with Crippen LogP contribution in [0.1, 0.15) is 31.9 Å². The fourth-order valence-corrected chi connectivity index (χ4v) is 12.4. The van der Waals surface area contributed by atoms with Crippen molar-refractivity contribution in [1.29, 1.82) is 0 Å². The quantitative estimate of drug-likeness (QED) is 0.175. The summed E-state index contributed by atoms with van der Waals surface area (Å²) in [4.78, 5) is 8.24. The number of thioether (sulfide) groups is 1. The summed E-state index contributed by atoms with van der Waals surface area (Å²) in [7, 11) is 0. The van der Waals surface area contributed by atoms with Crippen molar-refractivity contribution in [1.82, 2.24) is 9.97 Å². The van der Waals surface area contributed by atoms with E-state index in [1.807, 2.05) is 18.2 Å². The minimum absolute atomic E-state index is 0.0200. The van der Waals surface area contributed by atoms with E-state index in [9.17, 15) is 0 Å². The molecule has 0 fully saturated rings. The molecule has 0 saturated carbocycles. The maximum absolute atomic E-state index is 4.78. The van der Waals surface area contributed by atoms with Crippen LogP contribution in [0.15, 0.2) is 88.7 Å². The van der Waals surface area contributed by atoms with Crippen LogP contribution in [0.25, 0.3) is 11.0 Å². The van der Waals surface area contributed by atoms with Crippen molar-refractivity contribution in [3.05, 3.63) is 94.6 Å². The fraction of sp³-hybridized carbons (Fsp3) is 0.222. The molecule has 164 valence electrons. The standard InChI is InChI=1S/C27H29N2PSSe/c1-19-10-14-21(15-11-19)30(32,22-16-12-20(2)13-17-22)25(27(3,4)5)18-31-26-28-23-8-6-7-9-24(23)29-26/h6-18H,1-5H3,(H,28,29)/b25-18-. The topological polar surface area (TPSA) is 28.7 Å². The molecule has 2 nitrogen and oxygen atoms in total.